The zero-order valence-electron chi connectivity index (χ0n) is 11.4. The van der Waals surface area contributed by atoms with Gasteiger partial charge in [0.25, 0.3) is 5.91 Å². The van der Waals surface area contributed by atoms with Crippen LogP contribution in [0.2, 0.25) is 0 Å². The number of nitrogens with two attached hydrogens (primary N) is 1. The molecule has 0 saturated carbocycles. The lowest BCUT2D eigenvalue weighted by Crippen LogP contribution is -2.34. The number of anilines is 1. The summed E-state index contributed by atoms with van der Waals surface area (Å²) in [6, 6.07) is 3.72. The van der Waals surface area contributed by atoms with Crippen molar-refractivity contribution in [1.29, 1.82) is 0 Å². The number of nitrogen functional groups attached to an aromatic ring is 1. The number of hydrogen-bond donors (Lipinski definition) is 3. The van der Waals surface area contributed by atoms with E-state index < -0.39 is 0 Å². The molecule has 0 bridgehead atoms. The van der Waals surface area contributed by atoms with Crippen LogP contribution in [0.25, 0.3) is 0 Å². The van der Waals surface area contributed by atoms with Crippen molar-refractivity contribution in [3.8, 4) is 0 Å². The van der Waals surface area contributed by atoms with Crippen LogP contribution in [0.3, 0.4) is 0 Å². The number of nitrogens with zero attached hydrogens (tertiary/aromatic N) is 2. The predicted molar refractivity (Wildman–Crippen MR) is 79.5 cm³/mol. The minimum absolute atomic E-state index is 0.0293. The summed E-state index contributed by atoms with van der Waals surface area (Å²) in [6.07, 6.45) is 0.793. The summed E-state index contributed by atoms with van der Waals surface area (Å²) in [7, 11) is 0. The first-order chi connectivity index (χ1) is 9.58. The van der Waals surface area contributed by atoms with E-state index in [4.69, 9.17) is 5.84 Å². The molecule has 0 radical (unpaired) electrons. The number of aryl methyl sites for hydroxylation is 1. The van der Waals surface area contributed by atoms with Gasteiger partial charge in [0.1, 0.15) is 5.69 Å². The highest BCUT2D eigenvalue weighted by Gasteiger charge is 2.13. The molecule has 2 aromatic heterocycles. The summed E-state index contributed by atoms with van der Waals surface area (Å²) in [6.45, 7) is 3.75. The Morgan fingerprint density at radius 2 is 2.30 bits per heavy atom. The Morgan fingerprint density at radius 1 is 1.50 bits per heavy atom. The van der Waals surface area contributed by atoms with Crippen molar-refractivity contribution in [2.24, 2.45) is 5.84 Å². The summed E-state index contributed by atoms with van der Waals surface area (Å²) in [5, 5.41) is 7.02. The van der Waals surface area contributed by atoms with Crippen LogP contribution in [0.1, 0.15) is 28.7 Å². The molecule has 1 amide bonds. The summed E-state index contributed by atoms with van der Waals surface area (Å²) < 4.78 is 0. The number of rotatable bonds is 5. The van der Waals surface area contributed by atoms with Crippen molar-refractivity contribution in [2.75, 3.05) is 5.43 Å². The second-order valence-electron chi connectivity index (χ2n) is 4.57. The Labute approximate surface area is 121 Å². The third-order valence-corrected chi connectivity index (χ3v) is 3.45. The molecule has 0 aliphatic rings. The van der Waals surface area contributed by atoms with E-state index in [-0.39, 0.29) is 17.9 Å². The predicted octanol–water partition coefficient (Wildman–Crippen LogP) is 1.49. The molecule has 106 valence electrons. The zero-order valence-corrected chi connectivity index (χ0v) is 12.2. The number of hydrogen-bond acceptors (Lipinski definition) is 6. The molecule has 0 aliphatic heterocycles. The molecule has 2 aromatic rings. The van der Waals surface area contributed by atoms with Gasteiger partial charge < -0.3 is 5.32 Å². The van der Waals surface area contributed by atoms with Crippen LogP contribution in [0.15, 0.2) is 22.9 Å². The highest BCUT2D eigenvalue weighted by atomic mass is 32.1. The minimum Gasteiger partial charge on any atom is -0.348 e. The monoisotopic (exact) mass is 291 g/mol. The number of thiophene rings is 1. The molecule has 0 fully saturated rings. The van der Waals surface area contributed by atoms with Crippen molar-refractivity contribution in [3.05, 3.63) is 39.8 Å². The highest BCUT2D eigenvalue weighted by Crippen LogP contribution is 2.09. The van der Waals surface area contributed by atoms with Gasteiger partial charge in [0.15, 0.2) is 0 Å². The lowest BCUT2D eigenvalue weighted by Gasteiger charge is -2.13. The van der Waals surface area contributed by atoms with E-state index in [9.17, 15) is 4.79 Å². The molecule has 1 unspecified atom stereocenters. The lowest BCUT2D eigenvalue weighted by molar-refractivity contribution is 0.0935. The van der Waals surface area contributed by atoms with Crippen molar-refractivity contribution in [2.45, 2.75) is 26.3 Å². The fraction of sp³-hybridized carbons (Fsp3) is 0.308. The maximum atomic E-state index is 12.1. The van der Waals surface area contributed by atoms with Crippen molar-refractivity contribution in [3.63, 3.8) is 0 Å². The Kier molecular flexibility index (Phi) is 4.65. The maximum Gasteiger partial charge on any atom is 0.270 e. The topological polar surface area (TPSA) is 92.9 Å². The van der Waals surface area contributed by atoms with Crippen molar-refractivity contribution in [1.82, 2.24) is 15.3 Å². The van der Waals surface area contributed by atoms with Crippen LogP contribution in [0, 0.1) is 6.92 Å². The Bertz CT molecular complexity index is 584. The molecule has 0 aromatic carbocycles. The molecule has 2 heterocycles. The maximum absolute atomic E-state index is 12.1. The van der Waals surface area contributed by atoms with E-state index >= 15 is 0 Å². The molecular weight excluding hydrogens is 274 g/mol. The Morgan fingerprint density at radius 3 is 2.95 bits per heavy atom. The Hall–Kier alpha value is -1.99. The average molecular weight is 291 g/mol. The van der Waals surface area contributed by atoms with E-state index in [2.05, 4.69) is 32.2 Å². The van der Waals surface area contributed by atoms with Gasteiger partial charge in [-0.15, -0.1) is 0 Å². The van der Waals surface area contributed by atoms with Crippen LogP contribution in [0.5, 0.6) is 0 Å². The lowest BCUT2D eigenvalue weighted by atomic mass is 10.1. The number of aromatic nitrogens is 2. The van der Waals surface area contributed by atoms with Gasteiger partial charge in [-0.1, -0.05) is 0 Å². The zero-order chi connectivity index (χ0) is 14.5. The molecule has 1 atom stereocenters. The van der Waals surface area contributed by atoms with Crippen molar-refractivity contribution >= 4 is 23.2 Å². The molecule has 20 heavy (non-hydrogen) atoms. The van der Waals surface area contributed by atoms with Gasteiger partial charge in [0.05, 0.1) is 0 Å². The molecule has 2 rings (SSSR count). The van der Waals surface area contributed by atoms with E-state index in [1.54, 1.807) is 24.3 Å². The summed E-state index contributed by atoms with van der Waals surface area (Å²) in [5.41, 5.74) is 4.56. The summed E-state index contributed by atoms with van der Waals surface area (Å²) >= 11 is 1.65. The standard InChI is InChI=1S/C13H17N5OS/c1-8(5-10-3-4-20-7-10)15-12(19)11-6-9(2)16-13(17-11)18-14/h3-4,6-8H,5,14H2,1-2H3,(H,15,19)(H,16,17,18). The number of hydrazine groups is 1. The molecule has 4 N–H and O–H groups in total. The van der Waals surface area contributed by atoms with Gasteiger partial charge in [-0.3, -0.25) is 10.2 Å². The highest BCUT2D eigenvalue weighted by molar-refractivity contribution is 7.07. The summed E-state index contributed by atoms with van der Waals surface area (Å²) in [5.74, 6) is 5.28. The number of carbonyl (C=O) groups excluding carboxylic acids is 1. The van der Waals surface area contributed by atoms with Crippen LogP contribution in [-0.4, -0.2) is 21.9 Å². The Balaban J connectivity index is 2.02. The SMILES string of the molecule is Cc1cc(C(=O)NC(C)Cc2ccsc2)nc(NN)n1. The minimum atomic E-state index is -0.227. The van der Waals surface area contributed by atoms with Crippen LogP contribution < -0.4 is 16.6 Å². The molecule has 0 aliphatic carbocycles. The third-order valence-electron chi connectivity index (χ3n) is 2.72. The smallest absolute Gasteiger partial charge is 0.270 e. The summed E-state index contributed by atoms with van der Waals surface area (Å²) in [4.78, 5) is 20.2. The first-order valence-electron chi connectivity index (χ1n) is 6.22. The number of carbonyl (C=O) groups is 1. The van der Waals surface area contributed by atoms with Gasteiger partial charge in [0, 0.05) is 11.7 Å². The van der Waals surface area contributed by atoms with E-state index in [0.29, 0.717) is 11.4 Å². The first-order valence-corrected chi connectivity index (χ1v) is 7.17. The third kappa shape index (κ3) is 3.75. The van der Waals surface area contributed by atoms with Gasteiger partial charge in [0.2, 0.25) is 5.95 Å². The largest absolute Gasteiger partial charge is 0.348 e. The van der Waals surface area contributed by atoms with Crippen LogP contribution in [0.4, 0.5) is 5.95 Å². The quantitative estimate of drug-likeness (QED) is 0.573. The van der Waals surface area contributed by atoms with Gasteiger partial charge in [-0.2, -0.15) is 11.3 Å². The molecular formula is C13H17N5OS. The molecule has 0 spiro atoms. The van der Waals surface area contributed by atoms with Gasteiger partial charge in [-0.05, 0) is 48.7 Å². The normalized spacial score (nSPS) is 11.9. The van der Waals surface area contributed by atoms with Crippen LogP contribution >= 0.6 is 11.3 Å². The second kappa shape index (κ2) is 6.44. The number of amides is 1. The second-order valence-corrected chi connectivity index (χ2v) is 5.35. The fourth-order valence-electron chi connectivity index (χ4n) is 1.86. The van der Waals surface area contributed by atoms with Crippen LogP contribution in [-0.2, 0) is 6.42 Å². The number of nitrogens with one attached hydrogen (secondary N) is 2. The molecule has 6 nitrogen and oxygen atoms in total. The molecule has 7 heteroatoms. The average Bonchev–Trinajstić information content (AvgIpc) is 2.90. The van der Waals surface area contributed by atoms with Gasteiger partial charge in [-0.25, -0.2) is 15.8 Å². The first kappa shape index (κ1) is 14.4. The fourth-order valence-corrected chi connectivity index (χ4v) is 2.54. The van der Waals surface area contributed by atoms with Gasteiger partial charge >= 0.3 is 0 Å². The van der Waals surface area contributed by atoms with E-state index in [1.165, 1.54) is 5.56 Å². The van der Waals surface area contributed by atoms with E-state index in [0.717, 1.165) is 6.42 Å². The van der Waals surface area contributed by atoms with Crippen molar-refractivity contribution < 1.29 is 4.79 Å². The van der Waals surface area contributed by atoms with E-state index in [1.807, 2.05) is 12.3 Å². The molecule has 0 saturated heterocycles.